The SMILES string of the molecule is Cc1ccc(/C=C2\SC(=S)N(CC(=O)Nc3cc([N+](=O)[O-])ccc3[O-])C2=O)cc1. The van der Waals surface area contributed by atoms with E-state index in [1.54, 1.807) is 6.08 Å². The van der Waals surface area contributed by atoms with Crippen LogP contribution in [0.5, 0.6) is 5.75 Å². The molecule has 1 N–H and O–H groups in total. The zero-order valence-corrected chi connectivity index (χ0v) is 16.7. The van der Waals surface area contributed by atoms with Gasteiger partial charge >= 0.3 is 0 Å². The van der Waals surface area contributed by atoms with Crippen LogP contribution in [0.3, 0.4) is 0 Å². The fourth-order valence-electron chi connectivity index (χ4n) is 2.51. The molecule has 3 rings (SSSR count). The van der Waals surface area contributed by atoms with Gasteiger partial charge in [-0.05, 0) is 18.6 Å². The molecule has 1 aliphatic heterocycles. The summed E-state index contributed by atoms with van der Waals surface area (Å²) in [6.07, 6.45) is 1.69. The Labute approximate surface area is 175 Å². The van der Waals surface area contributed by atoms with Crippen LogP contribution in [0.4, 0.5) is 11.4 Å². The molecular formula is C19H14N3O5S2-. The first-order valence-corrected chi connectivity index (χ1v) is 9.54. The minimum Gasteiger partial charge on any atom is -0.871 e. The Morgan fingerprint density at radius 1 is 1.28 bits per heavy atom. The van der Waals surface area contributed by atoms with E-state index in [0.29, 0.717) is 4.91 Å². The average Bonchev–Trinajstić information content (AvgIpc) is 2.92. The molecule has 8 nitrogen and oxygen atoms in total. The van der Waals surface area contributed by atoms with Crippen LogP contribution in [0.1, 0.15) is 11.1 Å². The van der Waals surface area contributed by atoms with Crippen LogP contribution in [0.25, 0.3) is 6.08 Å². The quantitative estimate of drug-likeness (QED) is 0.337. The Morgan fingerprint density at radius 2 is 1.97 bits per heavy atom. The van der Waals surface area contributed by atoms with Gasteiger partial charge in [0.2, 0.25) is 5.91 Å². The number of rotatable bonds is 5. The lowest BCUT2D eigenvalue weighted by Crippen LogP contribution is -2.36. The predicted octanol–water partition coefficient (Wildman–Crippen LogP) is 2.82. The lowest BCUT2D eigenvalue weighted by Gasteiger charge is -2.17. The van der Waals surface area contributed by atoms with Gasteiger partial charge in [-0.15, -0.1) is 0 Å². The molecule has 0 spiro atoms. The molecule has 10 heteroatoms. The van der Waals surface area contributed by atoms with Gasteiger partial charge in [0.1, 0.15) is 10.9 Å². The third kappa shape index (κ3) is 4.79. The van der Waals surface area contributed by atoms with Gasteiger partial charge in [-0.25, -0.2) is 0 Å². The van der Waals surface area contributed by atoms with Crippen molar-refractivity contribution in [2.75, 3.05) is 11.9 Å². The molecule has 1 saturated heterocycles. The van der Waals surface area contributed by atoms with E-state index in [0.717, 1.165) is 46.0 Å². The smallest absolute Gasteiger partial charge is 0.271 e. The van der Waals surface area contributed by atoms with Crippen molar-refractivity contribution >= 4 is 57.6 Å². The fourth-order valence-corrected chi connectivity index (χ4v) is 3.77. The molecule has 2 amide bonds. The summed E-state index contributed by atoms with van der Waals surface area (Å²) >= 11 is 6.27. The molecule has 0 radical (unpaired) electrons. The van der Waals surface area contributed by atoms with E-state index >= 15 is 0 Å². The topological polar surface area (TPSA) is 116 Å². The number of benzene rings is 2. The number of thiocarbonyl (C=S) groups is 1. The van der Waals surface area contributed by atoms with Crippen molar-refractivity contribution < 1.29 is 19.6 Å². The molecule has 1 aliphatic rings. The third-order valence-corrected chi connectivity index (χ3v) is 5.38. The standard InChI is InChI=1S/C19H15N3O5S2/c1-11-2-4-12(5-3-11)8-16-18(25)21(19(28)29-16)10-17(24)20-14-9-13(22(26)27)6-7-15(14)23/h2-9,23H,10H2,1H3,(H,20,24)/p-1/b16-8-. The van der Waals surface area contributed by atoms with Crippen molar-refractivity contribution in [2.24, 2.45) is 0 Å². The number of hydrogen-bond donors (Lipinski definition) is 1. The monoisotopic (exact) mass is 428 g/mol. The summed E-state index contributed by atoms with van der Waals surface area (Å²) < 4.78 is 0.213. The maximum atomic E-state index is 12.6. The molecule has 0 saturated carbocycles. The van der Waals surface area contributed by atoms with Crippen molar-refractivity contribution in [1.82, 2.24) is 4.90 Å². The van der Waals surface area contributed by atoms with Gasteiger partial charge < -0.3 is 10.4 Å². The van der Waals surface area contributed by atoms with Gasteiger partial charge in [0.15, 0.2) is 0 Å². The summed E-state index contributed by atoms with van der Waals surface area (Å²) in [5, 5.41) is 25.0. The van der Waals surface area contributed by atoms with Crippen molar-refractivity contribution in [3.05, 3.63) is 68.6 Å². The third-order valence-electron chi connectivity index (χ3n) is 4.00. The fraction of sp³-hybridized carbons (Fsp3) is 0.105. The van der Waals surface area contributed by atoms with E-state index in [9.17, 15) is 24.8 Å². The second-order valence-electron chi connectivity index (χ2n) is 6.16. The van der Waals surface area contributed by atoms with Crippen LogP contribution in [0.15, 0.2) is 47.4 Å². The summed E-state index contributed by atoms with van der Waals surface area (Å²) in [5.41, 5.74) is 1.36. The second kappa shape index (κ2) is 8.41. The number of nitro benzene ring substituents is 1. The first kappa shape index (κ1) is 20.5. The normalized spacial score (nSPS) is 15.1. The molecule has 0 unspecified atom stereocenters. The highest BCUT2D eigenvalue weighted by molar-refractivity contribution is 8.26. The molecular weight excluding hydrogens is 414 g/mol. The van der Waals surface area contributed by atoms with E-state index in [-0.39, 0.29) is 15.7 Å². The summed E-state index contributed by atoms with van der Waals surface area (Å²) in [4.78, 5) is 36.6. The number of anilines is 1. The molecule has 148 valence electrons. The van der Waals surface area contributed by atoms with E-state index in [4.69, 9.17) is 12.2 Å². The summed E-state index contributed by atoms with van der Waals surface area (Å²) in [7, 11) is 0. The predicted molar refractivity (Wildman–Crippen MR) is 112 cm³/mol. The molecule has 0 bridgehead atoms. The molecule has 1 fully saturated rings. The number of amides is 2. The maximum absolute atomic E-state index is 12.6. The van der Waals surface area contributed by atoms with Crippen molar-refractivity contribution in [1.29, 1.82) is 0 Å². The number of aryl methyl sites for hydroxylation is 1. The highest BCUT2D eigenvalue weighted by atomic mass is 32.2. The van der Waals surface area contributed by atoms with E-state index in [1.165, 1.54) is 0 Å². The highest BCUT2D eigenvalue weighted by Gasteiger charge is 2.33. The van der Waals surface area contributed by atoms with Crippen molar-refractivity contribution in [3.8, 4) is 5.75 Å². The number of carbonyl (C=O) groups is 2. The van der Waals surface area contributed by atoms with E-state index in [1.807, 2.05) is 31.2 Å². The zero-order valence-electron chi connectivity index (χ0n) is 15.1. The number of nitro groups is 1. The Morgan fingerprint density at radius 3 is 2.62 bits per heavy atom. The summed E-state index contributed by atoms with van der Waals surface area (Å²) in [6, 6.07) is 10.6. The number of carbonyl (C=O) groups excluding carboxylic acids is 2. The van der Waals surface area contributed by atoms with Gasteiger partial charge in [0, 0.05) is 17.8 Å². The second-order valence-corrected chi connectivity index (χ2v) is 7.84. The Bertz CT molecular complexity index is 1050. The van der Waals surface area contributed by atoms with Crippen LogP contribution in [-0.4, -0.2) is 32.5 Å². The van der Waals surface area contributed by atoms with Gasteiger partial charge in [-0.3, -0.25) is 24.6 Å². The Balaban J connectivity index is 1.71. The van der Waals surface area contributed by atoms with Crippen LogP contribution in [0, 0.1) is 17.0 Å². The minimum absolute atomic E-state index is 0.213. The Hall–Kier alpha value is -3.24. The first-order valence-electron chi connectivity index (χ1n) is 8.32. The van der Waals surface area contributed by atoms with E-state index in [2.05, 4.69) is 5.32 Å². The van der Waals surface area contributed by atoms with Gasteiger partial charge in [0.25, 0.3) is 11.6 Å². The summed E-state index contributed by atoms with van der Waals surface area (Å²) in [5.74, 6) is -1.68. The number of nitrogens with one attached hydrogen (secondary N) is 1. The first-order chi connectivity index (χ1) is 13.7. The minimum atomic E-state index is -0.685. The molecule has 2 aromatic carbocycles. The largest absolute Gasteiger partial charge is 0.871 e. The highest BCUT2D eigenvalue weighted by Crippen LogP contribution is 2.32. The lowest BCUT2D eigenvalue weighted by molar-refractivity contribution is -0.385. The van der Waals surface area contributed by atoms with E-state index < -0.39 is 29.0 Å². The molecule has 1 heterocycles. The van der Waals surface area contributed by atoms with Crippen molar-refractivity contribution in [2.45, 2.75) is 6.92 Å². The molecule has 0 aromatic heterocycles. The lowest BCUT2D eigenvalue weighted by atomic mass is 10.1. The van der Waals surface area contributed by atoms with Crippen LogP contribution in [-0.2, 0) is 9.59 Å². The summed E-state index contributed by atoms with van der Waals surface area (Å²) in [6.45, 7) is 1.55. The maximum Gasteiger partial charge on any atom is 0.271 e. The zero-order chi connectivity index (χ0) is 21.1. The van der Waals surface area contributed by atoms with Crippen LogP contribution in [0.2, 0.25) is 0 Å². The Kier molecular flexibility index (Phi) is 5.95. The molecule has 2 aromatic rings. The number of thioether (sulfide) groups is 1. The number of nitrogens with zero attached hydrogens (tertiary/aromatic N) is 2. The van der Waals surface area contributed by atoms with Crippen LogP contribution < -0.4 is 10.4 Å². The molecule has 29 heavy (non-hydrogen) atoms. The molecule has 0 aliphatic carbocycles. The van der Waals surface area contributed by atoms with Gasteiger partial charge in [0.05, 0.1) is 9.83 Å². The van der Waals surface area contributed by atoms with Gasteiger partial charge in [-0.1, -0.05) is 65.6 Å². The number of non-ortho nitro benzene ring substituents is 1. The van der Waals surface area contributed by atoms with Crippen molar-refractivity contribution in [3.63, 3.8) is 0 Å². The van der Waals surface area contributed by atoms with Crippen LogP contribution >= 0.6 is 24.0 Å². The number of hydrogen-bond acceptors (Lipinski definition) is 7. The average molecular weight is 428 g/mol. The van der Waals surface area contributed by atoms with Gasteiger partial charge in [-0.2, -0.15) is 0 Å². The molecule has 0 atom stereocenters.